The fourth-order valence-corrected chi connectivity index (χ4v) is 4.77. The van der Waals surface area contributed by atoms with Crippen LogP contribution in [0.15, 0.2) is 18.2 Å². The second-order valence-electron chi connectivity index (χ2n) is 6.19. The van der Waals surface area contributed by atoms with Crippen molar-refractivity contribution in [1.29, 1.82) is 0 Å². The van der Waals surface area contributed by atoms with Gasteiger partial charge in [-0.25, -0.2) is 8.42 Å². The monoisotopic (exact) mass is 378 g/mol. The average Bonchev–Trinajstić information content (AvgIpc) is 3.07. The highest BCUT2D eigenvalue weighted by Crippen LogP contribution is 2.32. The zero-order chi connectivity index (χ0) is 18.7. The van der Waals surface area contributed by atoms with Crippen LogP contribution in [-0.4, -0.2) is 25.3 Å². The molecule has 1 aromatic rings. The quantitative estimate of drug-likeness (QED) is 0.797. The van der Waals surface area contributed by atoms with Crippen LogP contribution in [0, 0.1) is 0 Å². The van der Waals surface area contributed by atoms with Gasteiger partial charge in [0.25, 0.3) is 0 Å². The van der Waals surface area contributed by atoms with Gasteiger partial charge >= 0.3 is 6.18 Å². The molecule has 5 nitrogen and oxygen atoms in total. The molecule has 1 amide bonds. The number of anilines is 1. The number of alkyl halides is 3. The van der Waals surface area contributed by atoms with Crippen molar-refractivity contribution in [3.63, 3.8) is 0 Å². The SMILES string of the molecule is NCc1cc(NC(=O)CCS(=O)(=O)C2CCCC2)cc(C(F)(F)F)c1. The molecular formula is C16H21F3N2O3S. The molecule has 0 unspecified atom stereocenters. The van der Waals surface area contributed by atoms with Crippen molar-refractivity contribution in [2.75, 3.05) is 11.1 Å². The number of hydrogen-bond acceptors (Lipinski definition) is 4. The Morgan fingerprint density at radius 2 is 1.84 bits per heavy atom. The first kappa shape index (κ1) is 19.7. The van der Waals surface area contributed by atoms with E-state index in [9.17, 15) is 26.4 Å². The molecule has 1 saturated carbocycles. The van der Waals surface area contributed by atoms with Crippen molar-refractivity contribution < 1.29 is 26.4 Å². The number of sulfone groups is 1. The minimum absolute atomic E-state index is 0.0430. The summed E-state index contributed by atoms with van der Waals surface area (Å²) >= 11 is 0. The highest BCUT2D eigenvalue weighted by atomic mass is 32.2. The summed E-state index contributed by atoms with van der Waals surface area (Å²) in [4.78, 5) is 11.9. The standard InChI is InChI=1S/C16H21F3N2O3S/c17-16(18,19)12-7-11(10-20)8-13(9-12)21-15(22)5-6-25(23,24)14-3-1-2-4-14/h7-9,14H,1-6,10,20H2,(H,21,22). The lowest BCUT2D eigenvalue weighted by atomic mass is 10.1. The maximum atomic E-state index is 12.9. The third kappa shape index (κ3) is 5.43. The molecule has 9 heteroatoms. The van der Waals surface area contributed by atoms with E-state index < -0.39 is 32.7 Å². The van der Waals surface area contributed by atoms with Crippen LogP contribution in [0.2, 0.25) is 0 Å². The fraction of sp³-hybridized carbons (Fsp3) is 0.562. The molecule has 0 aromatic heterocycles. The van der Waals surface area contributed by atoms with E-state index in [1.54, 1.807) is 0 Å². The van der Waals surface area contributed by atoms with E-state index in [2.05, 4.69) is 5.32 Å². The van der Waals surface area contributed by atoms with Crippen molar-refractivity contribution >= 4 is 21.4 Å². The molecule has 2 rings (SSSR count). The van der Waals surface area contributed by atoms with E-state index in [1.807, 2.05) is 0 Å². The molecule has 140 valence electrons. The zero-order valence-electron chi connectivity index (χ0n) is 13.6. The lowest BCUT2D eigenvalue weighted by Crippen LogP contribution is -2.24. The van der Waals surface area contributed by atoms with E-state index in [-0.39, 0.29) is 30.0 Å². The van der Waals surface area contributed by atoms with Crippen molar-refractivity contribution in [1.82, 2.24) is 0 Å². The predicted molar refractivity (Wildman–Crippen MR) is 88.6 cm³/mol. The maximum absolute atomic E-state index is 12.9. The summed E-state index contributed by atoms with van der Waals surface area (Å²) in [6.07, 6.45) is -1.90. The van der Waals surface area contributed by atoms with Crippen LogP contribution in [0.4, 0.5) is 18.9 Å². The van der Waals surface area contributed by atoms with Gasteiger partial charge < -0.3 is 11.1 Å². The second kappa shape index (κ2) is 7.74. The number of carbonyl (C=O) groups is 1. The van der Waals surface area contributed by atoms with Crippen LogP contribution < -0.4 is 11.1 Å². The lowest BCUT2D eigenvalue weighted by Gasteiger charge is -2.13. The molecule has 1 fully saturated rings. The Kier molecular flexibility index (Phi) is 6.10. The molecule has 0 saturated heterocycles. The minimum atomic E-state index is -4.56. The highest BCUT2D eigenvalue weighted by Gasteiger charge is 2.31. The predicted octanol–water partition coefficient (Wildman–Crippen LogP) is 2.85. The third-order valence-corrected chi connectivity index (χ3v) is 6.52. The number of nitrogens with two attached hydrogens (primary N) is 1. The van der Waals surface area contributed by atoms with Gasteiger partial charge in [-0.15, -0.1) is 0 Å². The molecule has 1 aliphatic rings. The Balaban J connectivity index is 2.02. The van der Waals surface area contributed by atoms with Crippen LogP contribution in [0.3, 0.4) is 0 Å². The topological polar surface area (TPSA) is 89.3 Å². The molecule has 0 heterocycles. The summed E-state index contributed by atoms with van der Waals surface area (Å²) in [6, 6.07) is 3.07. The second-order valence-corrected chi connectivity index (χ2v) is 8.59. The van der Waals surface area contributed by atoms with Gasteiger partial charge in [0.2, 0.25) is 5.91 Å². The Labute approximate surface area is 144 Å². The van der Waals surface area contributed by atoms with Crippen molar-refractivity contribution in [2.45, 2.75) is 50.1 Å². The van der Waals surface area contributed by atoms with Gasteiger partial charge in [0.1, 0.15) is 0 Å². The van der Waals surface area contributed by atoms with Gasteiger partial charge in [-0.3, -0.25) is 4.79 Å². The molecule has 3 N–H and O–H groups in total. The van der Waals surface area contributed by atoms with Gasteiger partial charge in [0, 0.05) is 18.7 Å². The van der Waals surface area contributed by atoms with Crippen LogP contribution in [-0.2, 0) is 27.4 Å². The highest BCUT2D eigenvalue weighted by molar-refractivity contribution is 7.92. The molecule has 0 radical (unpaired) electrons. The summed E-state index contributed by atoms with van der Waals surface area (Å²) in [5.74, 6) is -0.935. The molecule has 1 aromatic carbocycles. The number of rotatable bonds is 6. The smallest absolute Gasteiger partial charge is 0.326 e. The van der Waals surface area contributed by atoms with Crippen molar-refractivity contribution in [3.05, 3.63) is 29.3 Å². The number of carbonyl (C=O) groups excluding carboxylic acids is 1. The Morgan fingerprint density at radius 3 is 2.40 bits per heavy atom. The maximum Gasteiger partial charge on any atom is 0.416 e. The van der Waals surface area contributed by atoms with Gasteiger partial charge in [0.15, 0.2) is 9.84 Å². The normalized spacial score (nSPS) is 16.2. The van der Waals surface area contributed by atoms with Crippen LogP contribution in [0.25, 0.3) is 0 Å². The van der Waals surface area contributed by atoms with E-state index in [0.29, 0.717) is 12.8 Å². The number of nitrogens with one attached hydrogen (secondary N) is 1. The third-order valence-electron chi connectivity index (χ3n) is 4.26. The van der Waals surface area contributed by atoms with Gasteiger partial charge in [-0.2, -0.15) is 13.2 Å². The molecule has 0 spiro atoms. The van der Waals surface area contributed by atoms with E-state index >= 15 is 0 Å². The van der Waals surface area contributed by atoms with Gasteiger partial charge in [0.05, 0.1) is 16.6 Å². The number of benzene rings is 1. The number of amides is 1. The van der Waals surface area contributed by atoms with Gasteiger partial charge in [-0.1, -0.05) is 12.8 Å². The van der Waals surface area contributed by atoms with E-state index in [0.717, 1.165) is 25.0 Å². The first-order chi connectivity index (χ1) is 11.6. The number of hydrogen-bond donors (Lipinski definition) is 2. The summed E-state index contributed by atoms with van der Waals surface area (Å²) in [5.41, 5.74) is 4.66. The Morgan fingerprint density at radius 1 is 1.20 bits per heavy atom. The van der Waals surface area contributed by atoms with E-state index in [4.69, 9.17) is 5.73 Å². The number of halogens is 3. The summed E-state index contributed by atoms with van der Waals surface area (Å²) in [5, 5.41) is 1.93. The molecular weight excluding hydrogens is 357 g/mol. The average molecular weight is 378 g/mol. The summed E-state index contributed by atoms with van der Waals surface area (Å²) < 4.78 is 62.9. The molecule has 0 bridgehead atoms. The summed E-state index contributed by atoms with van der Waals surface area (Å²) in [6.45, 7) is -0.108. The largest absolute Gasteiger partial charge is 0.416 e. The molecule has 1 aliphatic carbocycles. The zero-order valence-corrected chi connectivity index (χ0v) is 14.4. The first-order valence-corrected chi connectivity index (χ1v) is 9.76. The van der Waals surface area contributed by atoms with Crippen LogP contribution in [0.1, 0.15) is 43.2 Å². The molecule has 0 aliphatic heterocycles. The fourth-order valence-electron chi connectivity index (χ4n) is 2.92. The Bertz CT molecular complexity index is 727. The molecule has 25 heavy (non-hydrogen) atoms. The summed E-state index contributed by atoms with van der Waals surface area (Å²) in [7, 11) is -3.35. The van der Waals surface area contributed by atoms with Crippen LogP contribution in [0.5, 0.6) is 0 Å². The van der Waals surface area contributed by atoms with Crippen LogP contribution >= 0.6 is 0 Å². The lowest BCUT2D eigenvalue weighted by molar-refractivity contribution is -0.137. The first-order valence-electron chi connectivity index (χ1n) is 8.04. The van der Waals surface area contributed by atoms with Crippen molar-refractivity contribution in [2.24, 2.45) is 5.73 Å². The van der Waals surface area contributed by atoms with Crippen molar-refractivity contribution in [3.8, 4) is 0 Å². The van der Waals surface area contributed by atoms with Gasteiger partial charge in [-0.05, 0) is 36.6 Å². The van der Waals surface area contributed by atoms with E-state index in [1.165, 1.54) is 6.07 Å². The minimum Gasteiger partial charge on any atom is -0.326 e. The Hall–Kier alpha value is -1.61. The molecule has 0 atom stereocenters.